The zero-order valence-electron chi connectivity index (χ0n) is 14.4. The van der Waals surface area contributed by atoms with Gasteiger partial charge in [0.25, 0.3) is 5.78 Å². The van der Waals surface area contributed by atoms with Crippen molar-refractivity contribution < 1.29 is 0 Å². The average molecular weight is 345 g/mol. The number of thiophene rings is 1. The van der Waals surface area contributed by atoms with Crippen molar-refractivity contribution in [1.82, 2.24) is 29.9 Å². The summed E-state index contributed by atoms with van der Waals surface area (Å²) in [6.45, 7) is 9.89. The monoisotopic (exact) mass is 345 g/mol. The van der Waals surface area contributed by atoms with Crippen LogP contribution in [0, 0.1) is 0 Å². The van der Waals surface area contributed by atoms with Crippen LogP contribution in [-0.4, -0.2) is 49.1 Å². The Labute approximate surface area is 145 Å². The van der Waals surface area contributed by atoms with Gasteiger partial charge in [-0.2, -0.15) is 9.50 Å². The number of fused-ring (bicyclic) bond motifs is 5. The van der Waals surface area contributed by atoms with E-state index in [0.717, 1.165) is 43.1 Å². The van der Waals surface area contributed by atoms with Crippen LogP contribution in [0.3, 0.4) is 0 Å². The lowest BCUT2D eigenvalue weighted by molar-refractivity contribution is 0.258. The maximum absolute atomic E-state index is 4.70. The minimum absolute atomic E-state index is 0.370. The van der Waals surface area contributed by atoms with Gasteiger partial charge < -0.3 is 5.32 Å². The zero-order valence-corrected chi connectivity index (χ0v) is 15.2. The summed E-state index contributed by atoms with van der Waals surface area (Å²) in [6.07, 6.45) is 3.32. The number of aromatic nitrogens is 5. The van der Waals surface area contributed by atoms with Crippen molar-refractivity contribution in [3.8, 4) is 0 Å². The van der Waals surface area contributed by atoms with Crippen molar-refractivity contribution in [2.75, 3.05) is 18.4 Å². The second-order valence-electron chi connectivity index (χ2n) is 6.51. The van der Waals surface area contributed by atoms with Crippen molar-refractivity contribution in [3.63, 3.8) is 0 Å². The fourth-order valence-corrected chi connectivity index (χ4v) is 4.66. The highest BCUT2D eigenvalue weighted by Gasteiger charge is 2.25. The summed E-state index contributed by atoms with van der Waals surface area (Å²) >= 11 is 1.81. The molecule has 0 saturated carbocycles. The van der Waals surface area contributed by atoms with E-state index in [1.54, 1.807) is 4.52 Å². The fourth-order valence-electron chi connectivity index (χ4n) is 3.32. The lowest BCUT2D eigenvalue weighted by Crippen LogP contribution is -2.30. The summed E-state index contributed by atoms with van der Waals surface area (Å²) in [7, 11) is 0. The van der Waals surface area contributed by atoms with Crippen LogP contribution in [0.15, 0.2) is 0 Å². The third-order valence-electron chi connectivity index (χ3n) is 4.75. The largest absolute Gasteiger partial charge is 0.367 e. The van der Waals surface area contributed by atoms with Crippen LogP contribution in [0.25, 0.3) is 16.0 Å². The molecule has 0 radical (unpaired) electrons. The van der Waals surface area contributed by atoms with Gasteiger partial charge in [0.2, 0.25) is 0 Å². The van der Waals surface area contributed by atoms with Gasteiger partial charge in [-0.1, -0.05) is 18.9 Å². The molecule has 0 aliphatic carbocycles. The molecule has 1 aliphatic heterocycles. The molecule has 24 heavy (non-hydrogen) atoms. The van der Waals surface area contributed by atoms with Crippen LogP contribution in [0.1, 0.15) is 44.1 Å². The van der Waals surface area contributed by atoms with E-state index >= 15 is 0 Å². The van der Waals surface area contributed by atoms with Crippen molar-refractivity contribution in [2.45, 2.75) is 52.6 Å². The van der Waals surface area contributed by atoms with Crippen molar-refractivity contribution in [3.05, 3.63) is 10.4 Å². The van der Waals surface area contributed by atoms with Crippen LogP contribution in [-0.2, 0) is 13.0 Å². The molecule has 3 aromatic heterocycles. The number of hydrogen-bond donors (Lipinski definition) is 1. The Morgan fingerprint density at radius 2 is 2.21 bits per heavy atom. The van der Waals surface area contributed by atoms with Crippen LogP contribution in [0.2, 0.25) is 0 Å². The highest BCUT2D eigenvalue weighted by Crippen LogP contribution is 2.38. The molecule has 0 bridgehead atoms. The Hall–Kier alpha value is -1.80. The Morgan fingerprint density at radius 3 is 3.00 bits per heavy atom. The second kappa shape index (κ2) is 6.25. The third kappa shape index (κ3) is 2.53. The second-order valence-corrected chi connectivity index (χ2v) is 7.60. The number of anilines is 1. The van der Waals surface area contributed by atoms with Crippen molar-refractivity contribution in [1.29, 1.82) is 0 Å². The van der Waals surface area contributed by atoms with Crippen LogP contribution in [0.5, 0.6) is 0 Å². The molecule has 0 saturated heterocycles. The molecule has 8 heteroatoms. The number of tetrazole rings is 1. The summed E-state index contributed by atoms with van der Waals surface area (Å²) in [5.41, 5.74) is 1.43. The molecule has 1 atom stereocenters. The van der Waals surface area contributed by atoms with E-state index in [1.165, 1.54) is 22.2 Å². The molecule has 1 aliphatic rings. The quantitative estimate of drug-likeness (QED) is 0.767. The maximum atomic E-state index is 4.70. The Balaban J connectivity index is 1.88. The Morgan fingerprint density at radius 1 is 1.33 bits per heavy atom. The van der Waals surface area contributed by atoms with Crippen LogP contribution < -0.4 is 5.32 Å². The number of nitrogens with one attached hydrogen (secondary N) is 1. The first-order valence-electron chi connectivity index (χ1n) is 8.72. The van der Waals surface area contributed by atoms with E-state index in [-0.39, 0.29) is 0 Å². The summed E-state index contributed by atoms with van der Waals surface area (Å²) in [4.78, 5) is 9.77. The van der Waals surface area contributed by atoms with Gasteiger partial charge in [0.05, 0.1) is 5.39 Å². The molecule has 0 fully saturated rings. The highest BCUT2D eigenvalue weighted by molar-refractivity contribution is 7.19. The fraction of sp³-hybridized carbons (Fsp3) is 0.625. The molecule has 0 amide bonds. The van der Waals surface area contributed by atoms with E-state index in [0.29, 0.717) is 11.8 Å². The molecule has 4 heterocycles. The Bertz CT molecular complexity index is 868. The van der Waals surface area contributed by atoms with Gasteiger partial charge in [-0.05, 0) is 48.7 Å². The summed E-state index contributed by atoms with van der Waals surface area (Å²) in [6, 6.07) is 0.370. The van der Waals surface area contributed by atoms with Gasteiger partial charge in [-0.25, -0.2) is 0 Å². The minimum Gasteiger partial charge on any atom is -0.367 e. The molecule has 7 nitrogen and oxygen atoms in total. The molecule has 0 aromatic carbocycles. The molecule has 128 valence electrons. The molecule has 0 spiro atoms. The summed E-state index contributed by atoms with van der Waals surface area (Å²) in [5.74, 6) is 1.50. The predicted molar refractivity (Wildman–Crippen MR) is 96.6 cm³/mol. The lowest BCUT2D eigenvalue weighted by Gasteiger charge is -2.26. The molecular formula is C16H23N7S. The minimum atomic E-state index is 0.370. The van der Waals surface area contributed by atoms with Crippen molar-refractivity contribution >= 4 is 33.1 Å². The van der Waals surface area contributed by atoms with Crippen molar-refractivity contribution in [2.24, 2.45) is 0 Å². The van der Waals surface area contributed by atoms with E-state index in [1.807, 2.05) is 11.3 Å². The predicted octanol–water partition coefficient (Wildman–Crippen LogP) is 2.71. The third-order valence-corrected chi connectivity index (χ3v) is 5.94. The maximum Gasteiger partial charge on any atom is 0.276 e. The van der Waals surface area contributed by atoms with E-state index in [4.69, 9.17) is 4.98 Å². The molecule has 1 unspecified atom stereocenters. The highest BCUT2D eigenvalue weighted by atomic mass is 32.1. The number of hydrogen-bond acceptors (Lipinski definition) is 7. The first-order chi connectivity index (χ1) is 11.7. The lowest BCUT2D eigenvalue weighted by atomic mass is 10.0. The molecule has 4 rings (SSSR count). The first-order valence-corrected chi connectivity index (χ1v) is 9.54. The van der Waals surface area contributed by atoms with Gasteiger partial charge in [0, 0.05) is 24.0 Å². The van der Waals surface area contributed by atoms with Crippen LogP contribution in [0.4, 0.5) is 5.82 Å². The van der Waals surface area contributed by atoms with E-state index in [2.05, 4.69) is 46.5 Å². The number of rotatable bonds is 5. The first kappa shape index (κ1) is 15.7. The molecular weight excluding hydrogens is 322 g/mol. The number of nitrogens with zero attached hydrogens (tertiary/aromatic N) is 6. The molecule has 3 aromatic rings. The van der Waals surface area contributed by atoms with Gasteiger partial charge in [0.15, 0.2) is 0 Å². The van der Waals surface area contributed by atoms with E-state index in [9.17, 15) is 0 Å². The Kier molecular flexibility index (Phi) is 4.09. The van der Waals surface area contributed by atoms with E-state index < -0.39 is 0 Å². The SMILES string of the molecule is CCCN1CCc2c(sc3c2c(NC(C)CC)nc2nnnn23)C1. The summed E-state index contributed by atoms with van der Waals surface area (Å²) in [5, 5.41) is 16.8. The van der Waals surface area contributed by atoms with Gasteiger partial charge in [-0.3, -0.25) is 4.90 Å². The standard InChI is InChI=1S/C16H23N7S/c1-4-7-22-8-6-11-12(9-22)24-15-13(11)14(17-10(3)5-2)18-16-19-20-21-23(15)16/h10H,4-9H2,1-3H3,(H,17,18,19,21). The smallest absolute Gasteiger partial charge is 0.276 e. The van der Waals surface area contributed by atoms with Gasteiger partial charge >= 0.3 is 0 Å². The van der Waals surface area contributed by atoms with Crippen LogP contribution >= 0.6 is 11.3 Å². The van der Waals surface area contributed by atoms with Gasteiger partial charge in [-0.15, -0.1) is 11.3 Å². The van der Waals surface area contributed by atoms with Gasteiger partial charge in [0.1, 0.15) is 10.6 Å². The average Bonchev–Trinajstić information content (AvgIpc) is 3.18. The zero-order chi connectivity index (χ0) is 16.7. The normalized spacial score (nSPS) is 16.6. The molecule has 1 N–H and O–H groups in total. The topological polar surface area (TPSA) is 71.2 Å². The summed E-state index contributed by atoms with van der Waals surface area (Å²) < 4.78 is 1.78.